The topological polar surface area (TPSA) is 113 Å². The zero-order chi connectivity index (χ0) is 15.4. The molecule has 112 valence electrons. The number of carbonyl (C=O) groups excluding carboxylic acids is 1. The molecule has 8 nitrogen and oxygen atoms in total. The molecule has 2 rings (SSSR count). The number of nitrogens with zero attached hydrogens (tertiary/aromatic N) is 1. The molecular formula is C13H13NO7. The first-order valence-electron chi connectivity index (χ1n) is 6.10. The van der Waals surface area contributed by atoms with E-state index in [2.05, 4.69) is 0 Å². The highest BCUT2D eigenvalue weighted by molar-refractivity contribution is 5.96. The molecular weight excluding hydrogens is 282 g/mol. The summed E-state index contributed by atoms with van der Waals surface area (Å²) in [6.07, 6.45) is -0.330. The Morgan fingerprint density at radius 3 is 2.48 bits per heavy atom. The quantitative estimate of drug-likeness (QED) is 0.781. The summed E-state index contributed by atoms with van der Waals surface area (Å²) < 4.78 is 10.3. The number of amides is 1. The summed E-state index contributed by atoms with van der Waals surface area (Å²) in [5, 5.41) is 17.5. The number of carboxylic acid groups (broad SMARTS) is 2. The minimum absolute atomic E-state index is 0.0603. The normalized spacial score (nSPS) is 12.0. The van der Waals surface area contributed by atoms with Crippen molar-refractivity contribution >= 4 is 17.8 Å². The largest absolute Gasteiger partial charge is 0.481 e. The van der Waals surface area contributed by atoms with E-state index in [1.54, 1.807) is 6.07 Å². The van der Waals surface area contributed by atoms with Gasteiger partial charge < -0.3 is 24.6 Å². The average molecular weight is 295 g/mol. The molecule has 8 heteroatoms. The van der Waals surface area contributed by atoms with Crippen LogP contribution in [0.3, 0.4) is 0 Å². The van der Waals surface area contributed by atoms with E-state index in [1.165, 1.54) is 12.1 Å². The van der Waals surface area contributed by atoms with E-state index in [0.29, 0.717) is 11.5 Å². The van der Waals surface area contributed by atoms with Crippen LogP contribution in [0.1, 0.15) is 16.8 Å². The molecule has 0 radical (unpaired) electrons. The molecule has 1 heterocycles. The van der Waals surface area contributed by atoms with Crippen LogP contribution in [0.15, 0.2) is 18.2 Å². The first kappa shape index (κ1) is 14.6. The highest BCUT2D eigenvalue weighted by Gasteiger charge is 2.22. The zero-order valence-corrected chi connectivity index (χ0v) is 10.9. The van der Waals surface area contributed by atoms with E-state index in [4.69, 9.17) is 19.7 Å². The van der Waals surface area contributed by atoms with Crippen molar-refractivity contribution in [1.29, 1.82) is 0 Å². The van der Waals surface area contributed by atoms with Crippen molar-refractivity contribution in [2.24, 2.45) is 0 Å². The average Bonchev–Trinajstić information content (AvgIpc) is 2.89. The van der Waals surface area contributed by atoms with E-state index in [0.717, 1.165) is 4.90 Å². The Balaban J connectivity index is 2.16. The Morgan fingerprint density at radius 1 is 1.10 bits per heavy atom. The second-order valence-electron chi connectivity index (χ2n) is 4.33. The van der Waals surface area contributed by atoms with Crippen LogP contribution in [0, 0.1) is 0 Å². The maximum atomic E-state index is 12.3. The molecule has 0 spiro atoms. The van der Waals surface area contributed by atoms with Gasteiger partial charge in [0.25, 0.3) is 5.91 Å². The van der Waals surface area contributed by atoms with E-state index >= 15 is 0 Å². The van der Waals surface area contributed by atoms with Crippen molar-refractivity contribution in [2.75, 3.05) is 19.9 Å². The second kappa shape index (κ2) is 6.12. The number of aliphatic carboxylic acids is 2. The third-order valence-electron chi connectivity index (χ3n) is 2.83. The first-order chi connectivity index (χ1) is 9.97. The predicted molar refractivity (Wildman–Crippen MR) is 68.4 cm³/mol. The van der Waals surface area contributed by atoms with Gasteiger partial charge in [-0.15, -0.1) is 0 Å². The first-order valence-corrected chi connectivity index (χ1v) is 6.10. The lowest BCUT2D eigenvalue weighted by Crippen LogP contribution is -2.37. The molecule has 0 saturated heterocycles. The summed E-state index contributed by atoms with van der Waals surface area (Å²) in [5.74, 6) is -1.99. The van der Waals surface area contributed by atoms with Crippen LogP contribution in [0.5, 0.6) is 11.5 Å². The number of fused-ring (bicyclic) bond motifs is 1. The van der Waals surface area contributed by atoms with Crippen LogP contribution in [0.25, 0.3) is 0 Å². The fourth-order valence-electron chi connectivity index (χ4n) is 1.86. The Morgan fingerprint density at radius 2 is 1.81 bits per heavy atom. The Hall–Kier alpha value is -2.77. The van der Waals surface area contributed by atoms with Crippen LogP contribution in [0.4, 0.5) is 0 Å². The summed E-state index contributed by atoms with van der Waals surface area (Å²) in [6, 6.07) is 4.47. The SMILES string of the molecule is O=C(O)CCN(CC(=O)O)C(=O)c1ccc2c(c1)OCO2. The summed E-state index contributed by atoms with van der Waals surface area (Å²) in [6.45, 7) is -0.694. The molecule has 1 amide bonds. The summed E-state index contributed by atoms with van der Waals surface area (Å²) in [7, 11) is 0. The van der Waals surface area contributed by atoms with Crippen molar-refractivity contribution < 1.29 is 34.1 Å². The van der Waals surface area contributed by atoms with Gasteiger partial charge in [-0.3, -0.25) is 14.4 Å². The maximum absolute atomic E-state index is 12.3. The second-order valence-corrected chi connectivity index (χ2v) is 4.33. The number of carboxylic acids is 2. The standard InChI is InChI=1S/C13H13NO7/c15-11(16)3-4-14(6-12(17)18)13(19)8-1-2-9-10(5-8)21-7-20-9/h1-2,5H,3-4,6-7H2,(H,15,16)(H,17,18). The van der Waals surface area contributed by atoms with Crippen molar-refractivity contribution in [3.63, 3.8) is 0 Å². The Labute approximate surface area is 119 Å². The van der Waals surface area contributed by atoms with Gasteiger partial charge in [-0.25, -0.2) is 0 Å². The van der Waals surface area contributed by atoms with Crippen LogP contribution < -0.4 is 9.47 Å². The number of carbonyl (C=O) groups is 3. The number of ether oxygens (including phenoxy) is 2. The van der Waals surface area contributed by atoms with Crippen molar-refractivity contribution in [1.82, 2.24) is 4.90 Å². The molecule has 2 N–H and O–H groups in total. The van der Waals surface area contributed by atoms with Crippen molar-refractivity contribution in [2.45, 2.75) is 6.42 Å². The lowest BCUT2D eigenvalue weighted by molar-refractivity contribution is -0.140. The molecule has 0 aromatic heterocycles. The number of rotatable bonds is 6. The van der Waals surface area contributed by atoms with Gasteiger partial charge in [0.2, 0.25) is 6.79 Å². The van der Waals surface area contributed by atoms with Crippen molar-refractivity contribution in [3.8, 4) is 11.5 Å². The van der Waals surface area contributed by atoms with Gasteiger partial charge in [0.15, 0.2) is 11.5 Å². The van der Waals surface area contributed by atoms with Crippen LogP contribution in [-0.2, 0) is 9.59 Å². The predicted octanol–water partition coefficient (Wildman–Crippen LogP) is 0.417. The lowest BCUT2D eigenvalue weighted by atomic mass is 10.1. The molecule has 1 aliphatic rings. The maximum Gasteiger partial charge on any atom is 0.323 e. The highest BCUT2D eigenvalue weighted by atomic mass is 16.7. The molecule has 0 aliphatic carbocycles. The lowest BCUT2D eigenvalue weighted by Gasteiger charge is -2.20. The van der Waals surface area contributed by atoms with Gasteiger partial charge >= 0.3 is 11.9 Å². The van der Waals surface area contributed by atoms with Gasteiger partial charge in [-0.05, 0) is 18.2 Å². The third-order valence-corrected chi connectivity index (χ3v) is 2.83. The molecule has 0 unspecified atom stereocenters. The van der Waals surface area contributed by atoms with E-state index in [1.807, 2.05) is 0 Å². The zero-order valence-electron chi connectivity index (χ0n) is 10.9. The number of hydrogen-bond acceptors (Lipinski definition) is 5. The molecule has 0 atom stereocenters. The fourth-order valence-corrected chi connectivity index (χ4v) is 1.86. The van der Waals surface area contributed by atoms with Gasteiger partial charge in [0, 0.05) is 12.1 Å². The molecule has 0 bridgehead atoms. The highest BCUT2D eigenvalue weighted by Crippen LogP contribution is 2.32. The van der Waals surface area contributed by atoms with E-state index in [9.17, 15) is 14.4 Å². The Kier molecular flexibility index (Phi) is 4.27. The minimum Gasteiger partial charge on any atom is -0.481 e. The smallest absolute Gasteiger partial charge is 0.323 e. The van der Waals surface area contributed by atoms with Gasteiger partial charge in [0.05, 0.1) is 6.42 Å². The van der Waals surface area contributed by atoms with Gasteiger partial charge in [0.1, 0.15) is 6.54 Å². The van der Waals surface area contributed by atoms with Crippen LogP contribution in [-0.4, -0.2) is 52.8 Å². The minimum atomic E-state index is -1.21. The molecule has 1 aliphatic heterocycles. The molecule has 0 fully saturated rings. The summed E-state index contributed by atoms with van der Waals surface area (Å²) in [5.41, 5.74) is 0.214. The monoisotopic (exact) mass is 295 g/mol. The molecule has 1 aromatic carbocycles. The summed E-state index contributed by atoms with van der Waals surface area (Å²) >= 11 is 0. The van der Waals surface area contributed by atoms with Gasteiger partial charge in [-0.1, -0.05) is 0 Å². The molecule has 21 heavy (non-hydrogen) atoms. The van der Waals surface area contributed by atoms with Crippen LogP contribution in [0.2, 0.25) is 0 Å². The Bertz CT molecular complexity index is 584. The van der Waals surface area contributed by atoms with E-state index in [-0.39, 0.29) is 25.3 Å². The third kappa shape index (κ3) is 3.62. The number of hydrogen-bond donors (Lipinski definition) is 2. The van der Waals surface area contributed by atoms with Crippen LogP contribution >= 0.6 is 0 Å². The summed E-state index contributed by atoms with van der Waals surface area (Å²) in [4.78, 5) is 34.6. The molecule has 1 aromatic rings. The van der Waals surface area contributed by atoms with Gasteiger partial charge in [-0.2, -0.15) is 0 Å². The fraction of sp³-hybridized carbons (Fsp3) is 0.308. The number of benzene rings is 1. The van der Waals surface area contributed by atoms with E-state index < -0.39 is 24.4 Å². The van der Waals surface area contributed by atoms with Crippen molar-refractivity contribution in [3.05, 3.63) is 23.8 Å². The molecule has 0 saturated carbocycles.